The molecule has 3 nitrogen and oxygen atoms in total. The van der Waals surface area contributed by atoms with E-state index < -0.39 is 0 Å². The lowest BCUT2D eigenvalue weighted by Gasteiger charge is -2.16. The molecule has 0 bridgehead atoms. The molecule has 0 saturated heterocycles. The van der Waals surface area contributed by atoms with E-state index in [1.165, 1.54) is 0 Å². The van der Waals surface area contributed by atoms with E-state index >= 15 is 0 Å². The van der Waals surface area contributed by atoms with Gasteiger partial charge in [-0.1, -0.05) is 20.8 Å². The molecule has 0 aliphatic rings. The highest BCUT2D eigenvalue weighted by Crippen LogP contribution is 2.30. The first kappa shape index (κ1) is 10.9. The second kappa shape index (κ2) is 3.89. The standard InChI is InChI=1S/C10H13N3S/c1-10(2,3)14-9-5-4-7(12)8(6-11)13-9/h4-5H,12H2,1-3H3. The lowest BCUT2D eigenvalue weighted by molar-refractivity contribution is 0.799. The average Bonchev–Trinajstić information content (AvgIpc) is 2.06. The Morgan fingerprint density at radius 1 is 1.43 bits per heavy atom. The Hall–Kier alpha value is -1.21. The summed E-state index contributed by atoms with van der Waals surface area (Å²) in [7, 11) is 0. The molecule has 1 aromatic heterocycles. The van der Waals surface area contributed by atoms with Crippen molar-refractivity contribution in [3.05, 3.63) is 17.8 Å². The second-order valence-corrected chi connectivity index (χ2v) is 5.76. The molecule has 0 aliphatic heterocycles. The van der Waals surface area contributed by atoms with Crippen molar-refractivity contribution in [2.75, 3.05) is 5.73 Å². The van der Waals surface area contributed by atoms with Crippen LogP contribution in [0.1, 0.15) is 26.5 Å². The predicted octanol–water partition coefficient (Wildman–Crippen LogP) is 2.43. The number of nitriles is 1. The summed E-state index contributed by atoms with van der Waals surface area (Å²) in [6, 6.07) is 5.53. The van der Waals surface area contributed by atoms with Crippen LogP contribution < -0.4 is 5.73 Å². The molecule has 0 aliphatic carbocycles. The first-order valence-corrected chi connectivity index (χ1v) is 5.09. The van der Waals surface area contributed by atoms with Crippen molar-refractivity contribution in [2.45, 2.75) is 30.5 Å². The van der Waals surface area contributed by atoms with Gasteiger partial charge in [-0.05, 0) is 12.1 Å². The van der Waals surface area contributed by atoms with Crippen LogP contribution in [0, 0.1) is 11.3 Å². The van der Waals surface area contributed by atoms with Gasteiger partial charge in [0.25, 0.3) is 0 Å². The molecular weight excluding hydrogens is 194 g/mol. The Morgan fingerprint density at radius 2 is 2.07 bits per heavy atom. The van der Waals surface area contributed by atoms with Crippen molar-refractivity contribution in [3.8, 4) is 6.07 Å². The number of nitrogens with two attached hydrogens (primary N) is 1. The second-order valence-electron chi connectivity index (χ2n) is 3.91. The van der Waals surface area contributed by atoms with E-state index in [0.717, 1.165) is 5.03 Å². The van der Waals surface area contributed by atoms with Gasteiger partial charge in [-0.2, -0.15) is 5.26 Å². The molecule has 0 saturated carbocycles. The number of anilines is 1. The summed E-state index contributed by atoms with van der Waals surface area (Å²) < 4.78 is 0.0931. The van der Waals surface area contributed by atoms with E-state index in [1.807, 2.05) is 12.1 Å². The van der Waals surface area contributed by atoms with Gasteiger partial charge in [0.05, 0.1) is 10.7 Å². The van der Waals surface area contributed by atoms with Gasteiger partial charge >= 0.3 is 0 Å². The van der Waals surface area contributed by atoms with Gasteiger partial charge in [0.1, 0.15) is 6.07 Å². The zero-order valence-electron chi connectivity index (χ0n) is 8.53. The SMILES string of the molecule is CC(C)(C)Sc1ccc(N)c(C#N)n1. The molecule has 1 aromatic rings. The van der Waals surface area contributed by atoms with Gasteiger partial charge in [0, 0.05) is 4.75 Å². The van der Waals surface area contributed by atoms with Crippen LogP contribution in [-0.2, 0) is 0 Å². The van der Waals surface area contributed by atoms with Crippen molar-refractivity contribution in [1.82, 2.24) is 4.98 Å². The van der Waals surface area contributed by atoms with Crippen LogP contribution in [0.15, 0.2) is 17.2 Å². The largest absolute Gasteiger partial charge is 0.396 e. The summed E-state index contributed by atoms with van der Waals surface area (Å²) in [5, 5.41) is 9.58. The van der Waals surface area contributed by atoms with Crippen molar-refractivity contribution < 1.29 is 0 Å². The van der Waals surface area contributed by atoms with Crippen LogP contribution in [0.3, 0.4) is 0 Å². The monoisotopic (exact) mass is 207 g/mol. The molecule has 1 rings (SSSR count). The van der Waals surface area contributed by atoms with E-state index in [9.17, 15) is 0 Å². The molecule has 14 heavy (non-hydrogen) atoms. The van der Waals surface area contributed by atoms with Gasteiger partial charge in [-0.25, -0.2) is 4.98 Å². The highest BCUT2D eigenvalue weighted by molar-refractivity contribution is 8.00. The van der Waals surface area contributed by atoms with E-state index in [0.29, 0.717) is 11.4 Å². The normalized spacial score (nSPS) is 11.0. The van der Waals surface area contributed by atoms with Gasteiger partial charge in [0.2, 0.25) is 0 Å². The number of hydrogen-bond donors (Lipinski definition) is 1. The molecule has 4 heteroatoms. The fraction of sp³-hybridized carbons (Fsp3) is 0.400. The maximum Gasteiger partial charge on any atom is 0.164 e. The smallest absolute Gasteiger partial charge is 0.164 e. The quantitative estimate of drug-likeness (QED) is 0.718. The highest BCUT2D eigenvalue weighted by atomic mass is 32.2. The predicted molar refractivity (Wildman–Crippen MR) is 59.0 cm³/mol. The number of nitrogens with zero attached hydrogens (tertiary/aromatic N) is 2. The lowest BCUT2D eigenvalue weighted by atomic mass is 10.3. The third-order valence-corrected chi connectivity index (χ3v) is 2.47. The van der Waals surface area contributed by atoms with Crippen LogP contribution in [0.5, 0.6) is 0 Å². The van der Waals surface area contributed by atoms with Crippen LogP contribution in [0.4, 0.5) is 5.69 Å². The van der Waals surface area contributed by atoms with Crippen LogP contribution in [0.2, 0.25) is 0 Å². The topological polar surface area (TPSA) is 62.7 Å². The minimum atomic E-state index is 0.0931. The van der Waals surface area contributed by atoms with E-state index in [2.05, 4.69) is 25.8 Å². The molecule has 0 aromatic carbocycles. The molecule has 0 amide bonds. The molecule has 0 atom stereocenters. The number of rotatable bonds is 1. The molecule has 0 spiro atoms. The number of aromatic nitrogens is 1. The lowest BCUT2D eigenvalue weighted by Crippen LogP contribution is -2.07. The molecular formula is C10H13N3S. The number of hydrogen-bond acceptors (Lipinski definition) is 4. The number of thioether (sulfide) groups is 1. The Kier molecular flexibility index (Phi) is 3.02. The Balaban J connectivity index is 2.97. The van der Waals surface area contributed by atoms with Crippen molar-refractivity contribution in [3.63, 3.8) is 0 Å². The molecule has 2 N–H and O–H groups in total. The number of pyridine rings is 1. The van der Waals surface area contributed by atoms with Crippen LogP contribution >= 0.6 is 11.8 Å². The third-order valence-electron chi connectivity index (χ3n) is 1.42. The zero-order valence-corrected chi connectivity index (χ0v) is 9.35. The Labute approximate surface area is 88.3 Å². The zero-order chi connectivity index (χ0) is 10.8. The Bertz CT molecular complexity index is 374. The van der Waals surface area contributed by atoms with Gasteiger partial charge in [-0.3, -0.25) is 0 Å². The highest BCUT2D eigenvalue weighted by Gasteiger charge is 2.13. The number of nitrogen functional groups attached to an aromatic ring is 1. The molecule has 0 fully saturated rings. The first-order chi connectivity index (χ1) is 6.42. The summed E-state index contributed by atoms with van der Waals surface area (Å²) in [5.41, 5.74) is 6.31. The van der Waals surface area contributed by atoms with Crippen molar-refractivity contribution in [2.24, 2.45) is 0 Å². The van der Waals surface area contributed by atoms with E-state index in [1.54, 1.807) is 17.8 Å². The fourth-order valence-electron chi connectivity index (χ4n) is 0.912. The molecule has 0 radical (unpaired) electrons. The fourth-order valence-corrected chi connectivity index (χ4v) is 1.81. The molecule has 1 heterocycles. The van der Waals surface area contributed by atoms with E-state index in [4.69, 9.17) is 11.0 Å². The summed E-state index contributed by atoms with van der Waals surface area (Å²) in [4.78, 5) is 4.15. The Morgan fingerprint density at radius 3 is 2.57 bits per heavy atom. The minimum absolute atomic E-state index is 0.0931. The maximum absolute atomic E-state index is 8.74. The van der Waals surface area contributed by atoms with Gasteiger partial charge < -0.3 is 5.73 Å². The van der Waals surface area contributed by atoms with Gasteiger partial charge in [0.15, 0.2) is 5.69 Å². The van der Waals surface area contributed by atoms with Crippen molar-refractivity contribution in [1.29, 1.82) is 5.26 Å². The van der Waals surface area contributed by atoms with E-state index in [-0.39, 0.29) is 4.75 Å². The third kappa shape index (κ3) is 2.93. The van der Waals surface area contributed by atoms with Gasteiger partial charge in [-0.15, -0.1) is 11.8 Å². The van der Waals surface area contributed by atoms with Crippen LogP contribution in [0.25, 0.3) is 0 Å². The summed E-state index contributed by atoms with van der Waals surface area (Å²) >= 11 is 1.62. The van der Waals surface area contributed by atoms with Crippen molar-refractivity contribution >= 4 is 17.4 Å². The molecule has 74 valence electrons. The summed E-state index contributed by atoms with van der Waals surface area (Å²) in [6.45, 7) is 6.30. The minimum Gasteiger partial charge on any atom is -0.396 e. The maximum atomic E-state index is 8.74. The average molecular weight is 207 g/mol. The molecule has 0 unspecified atom stereocenters. The summed E-state index contributed by atoms with van der Waals surface area (Å²) in [5.74, 6) is 0. The van der Waals surface area contributed by atoms with Crippen LogP contribution in [-0.4, -0.2) is 9.73 Å². The first-order valence-electron chi connectivity index (χ1n) is 4.28. The summed E-state index contributed by atoms with van der Waals surface area (Å²) in [6.07, 6.45) is 0.